The van der Waals surface area contributed by atoms with Crippen LogP contribution in [0.15, 0.2) is 162 Å². The zero-order chi connectivity index (χ0) is 29.7. The normalized spacial score (nSPS) is 11.6. The summed E-state index contributed by atoms with van der Waals surface area (Å²) in [5, 5.41) is 4.52. The van der Waals surface area contributed by atoms with Crippen molar-refractivity contribution in [1.29, 1.82) is 0 Å². The van der Waals surface area contributed by atoms with Crippen LogP contribution in [0.2, 0.25) is 0 Å². The highest BCUT2D eigenvalue weighted by Gasteiger charge is 2.17. The van der Waals surface area contributed by atoms with Crippen LogP contribution in [0.5, 0.6) is 0 Å². The van der Waals surface area contributed by atoms with Crippen LogP contribution < -0.4 is 0 Å². The van der Waals surface area contributed by atoms with Gasteiger partial charge in [-0.05, 0) is 45.8 Å². The minimum Gasteiger partial charge on any atom is -0.456 e. The molecule has 0 N–H and O–H groups in total. The summed E-state index contributed by atoms with van der Waals surface area (Å²) in [4.78, 5) is 10.6. The van der Waals surface area contributed by atoms with E-state index in [0.29, 0.717) is 0 Å². The number of furan rings is 1. The maximum Gasteiger partial charge on any atom is 0.136 e. The lowest BCUT2D eigenvalue weighted by Crippen LogP contribution is -1.96. The van der Waals surface area contributed by atoms with Crippen molar-refractivity contribution in [2.24, 2.45) is 0 Å². The molecule has 0 radical (unpaired) electrons. The molecule has 45 heavy (non-hydrogen) atoms. The fraction of sp³-hybridized carbons (Fsp3) is 0. The largest absolute Gasteiger partial charge is 0.456 e. The Hall–Kier alpha value is -6.06. The molecule has 0 saturated carbocycles. The highest BCUT2D eigenvalue weighted by Crippen LogP contribution is 2.39. The monoisotopic (exact) mass is 574 g/mol. The number of hydrogen-bond donors (Lipinski definition) is 0. The Morgan fingerprint density at radius 3 is 1.78 bits per heavy atom. The Morgan fingerprint density at radius 2 is 0.978 bits per heavy atom. The van der Waals surface area contributed by atoms with Gasteiger partial charge in [0.05, 0.1) is 22.4 Å². The summed E-state index contributed by atoms with van der Waals surface area (Å²) in [6.45, 7) is 0. The first-order valence-electron chi connectivity index (χ1n) is 15.2. The third kappa shape index (κ3) is 4.29. The Labute approximate surface area is 260 Å². The summed E-state index contributed by atoms with van der Waals surface area (Å²) in [5.41, 5.74) is 12.0. The van der Waals surface area contributed by atoms with Crippen LogP contribution in [-0.4, -0.2) is 9.97 Å². The van der Waals surface area contributed by atoms with Crippen molar-refractivity contribution in [2.45, 2.75) is 0 Å². The lowest BCUT2D eigenvalue weighted by molar-refractivity contribution is 0.669. The van der Waals surface area contributed by atoms with E-state index in [0.717, 1.165) is 77.4 Å². The summed E-state index contributed by atoms with van der Waals surface area (Å²) < 4.78 is 6.17. The second-order valence-electron chi connectivity index (χ2n) is 11.4. The first-order valence-corrected chi connectivity index (χ1v) is 15.2. The molecule has 2 heterocycles. The van der Waals surface area contributed by atoms with Gasteiger partial charge in [-0.1, -0.05) is 140 Å². The molecule has 3 nitrogen and oxygen atoms in total. The van der Waals surface area contributed by atoms with Crippen molar-refractivity contribution in [3.8, 4) is 44.8 Å². The molecule has 0 aliphatic heterocycles. The molecule has 0 atom stereocenters. The van der Waals surface area contributed by atoms with Crippen molar-refractivity contribution in [2.75, 3.05) is 0 Å². The van der Waals surface area contributed by atoms with Gasteiger partial charge >= 0.3 is 0 Å². The Bertz CT molecular complexity index is 2510. The number of aromatic nitrogens is 2. The molecule has 9 rings (SSSR count). The van der Waals surface area contributed by atoms with Crippen LogP contribution in [0, 0.1) is 0 Å². The molecule has 2 aromatic heterocycles. The van der Waals surface area contributed by atoms with Crippen molar-refractivity contribution in [3.05, 3.63) is 158 Å². The van der Waals surface area contributed by atoms with Crippen LogP contribution in [0.25, 0.3) is 88.5 Å². The van der Waals surface area contributed by atoms with Crippen LogP contribution in [0.1, 0.15) is 0 Å². The zero-order valence-electron chi connectivity index (χ0n) is 24.3. The average molecular weight is 575 g/mol. The minimum atomic E-state index is 0.866. The minimum absolute atomic E-state index is 0.866. The lowest BCUT2D eigenvalue weighted by atomic mass is 9.96. The number of rotatable bonds is 4. The van der Waals surface area contributed by atoms with E-state index in [2.05, 4.69) is 133 Å². The maximum atomic E-state index is 6.17. The molecule has 3 heteroatoms. The third-order valence-corrected chi connectivity index (χ3v) is 8.70. The van der Waals surface area contributed by atoms with Gasteiger partial charge in [0, 0.05) is 27.3 Å². The summed E-state index contributed by atoms with van der Waals surface area (Å²) in [7, 11) is 0. The number of benzene rings is 7. The first kappa shape index (κ1) is 25.4. The molecule has 0 aliphatic rings. The maximum absolute atomic E-state index is 6.17. The fourth-order valence-electron chi connectivity index (χ4n) is 6.47. The SMILES string of the molecule is c1ccc(-c2ccc(-c3nc4ccc5ccccc5c4nc3-c3ccc(-c4cccc5oc6ccccc6c45)cc3)cc2)cc1. The van der Waals surface area contributed by atoms with Crippen molar-refractivity contribution in [1.82, 2.24) is 9.97 Å². The number of para-hydroxylation sites is 1. The molecular weight excluding hydrogens is 548 g/mol. The third-order valence-electron chi connectivity index (χ3n) is 8.70. The smallest absolute Gasteiger partial charge is 0.136 e. The Kier molecular flexibility index (Phi) is 5.82. The molecule has 9 aromatic rings. The van der Waals surface area contributed by atoms with Gasteiger partial charge in [0.1, 0.15) is 11.2 Å². The molecule has 210 valence electrons. The predicted octanol–water partition coefficient (Wildman–Crippen LogP) is 11.4. The second kappa shape index (κ2) is 10.3. The topological polar surface area (TPSA) is 38.9 Å². The first-order chi connectivity index (χ1) is 22.3. The predicted molar refractivity (Wildman–Crippen MR) is 186 cm³/mol. The van der Waals surface area contributed by atoms with Crippen molar-refractivity contribution in [3.63, 3.8) is 0 Å². The van der Waals surface area contributed by atoms with E-state index in [1.165, 1.54) is 11.1 Å². The van der Waals surface area contributed by atoms with Crippen LogP contribution in [0.3, 0.4) is 0 Å². The zero-order valence-corrected chi connectivity index (χ0v) is 24.3. The average Bonchev–Trinajstić information content (AvgIpc) is 3.51. The number of nitrogens with zero attached hydrogens (tertiary/aromatic N) is 2. The highest BCUT2D eigenvalue weighted by molar-refractivity contribution is 6.12. The van der Waals surface area contributed by atoms with E-state index in [-0.39, 0.29) is 0 Å². The molecule has 7 aromatic carbocycles. The van der Waals surface area contributed by atoms with E-state index in [4.69, 9.17) is 14.4 Å². The molecule has 0 aliphatic carbocycles. The van der Waals surface area contributed by atoms with E-state index in [1.807, 2.05) is 24.3 Å². The number of fused-ring (bicyclic) bond motifs is 6. The summed E-state index contributed by atoms with van der Waals surface area (Å²) in [6.07, 6.45) is 0. The summed E-state index contributed by atoms with van der Waals surface area (Å²) in [6, 6.07) is 54.9. The molecule has 0 spiro atoms. The van der Waals surface area contributed by atoms with Gasteiger partial charge in [0.2, 0.25) is 0 Å². The van der Waals surface area contributed by atoms with Gasteiger partial charge < -0.3 is 4.42 Å². The molecule has 0 saturated heterocycles. The standard InChI is InChI=1S/C42H26N2O/c1-2-9-27(10-3-1)28-17-21-31(22-18-28)40-41(44-42-34-12-5-4-11-29(34)25-26-36(42)43-40)32-23-19-30(20-24-32)33-14-8-16-38-39(33)35-13-6-7-15-37(35)45-38/h1-26H. The van der Waals surface area contributed by atoms with Gasteiger partial charge in [-0.2, -0.15) is 0 Å². The van der Waals surface area contributed by atoms with Gasteiger partial charge in [-0.15, -0.1) is 0 Å². The molecule has 0 unspecified atom stereocenters. The van der Waals surface area contributed by atoms with E-state index >= 15 is 0 Å². The van der Waals surface area contributed by atoms with Crippen LogP contribution in [0.4, 0.5) is 0 Å². The Balaban J connectivity index is 1.21. The second-order valence-corrected chi connectivity index (χ2v) is 11.4. The van der Waals surface area contributed by atoms with Gasteiger partial charge in [-0.25, -0.2) is 9.97 Å². The van der Waals surface area contributed by atoms with Crippen molar-refractivity contribution < 1.29 is 4.42 Å². The van der Waals surface area contributed by atoms with E-state index in [9.17, 15) is 0 Å². The summed E-state index contributed by atoms with van der Waals surface area (Å²) in [5.74, 6) is 0. The molecular formula is C42H26N2O. The lowest BCUT2D eigenvalue weighted by Gasteiger charge is -2.13. The number of hydrogen-bond acceptors (Lipinski definition) is 3. The Morgan fingerprint density at radius 1 is 0.378 bits per heavy atom. The van der Waals surface area contributed by atoms with E-state index < -0.39 is 0 Å². The molecule has 0 fully saturated rings. The molecule has 0 amide bonds. The fourth-order valence-corrected chi connectivity index (χ4v) is 6.47. The van der Waals surface area contributed by atoms with Gasteiger partial charge in [-0.3, -0.25) is 0 Å². The van der Waals surface area contributed by atoms with Crippen molar-refractivity contribution >= 4 is 43.7 Å². The quantitative estimate of drug-likeness (QED) is 0.196. The van der Waals surface area contributed by atoms with Crippen LogP contribution in [-0.2, 0) is 0 Å². The summed E-state index contributed by atoms with van der Waals surface area (Å²) >= 11 is 0. The van der Waals surface area contributed by atoms with Gasteiger partial charge in [0.15, 0.2) is 0 Å². The molecule has 0 bridgehead atoms. The van der Waals surface area contributed by atoms with E-state index in [1.54, 1.807) is 0 Å². The van der Waals surface area contributed by atoms with Crippen LogP contribution >= 0.6 is 0 Å². The van der Waals surface area contributed by atoms with Gasteiger partial charge in [0.25, 0.3) is 0 Å². The highest BCUT2D eigenvalue weighted by atomic mass is 16.3.